The van der Waals surface area contributed by atoms with Crippen molar-refractivity contribution in [2.75, 3.05) is 53.2 Å². The number of hydrogen-bond acceptors (Lipinski definition) is 5. The number of fused-ring (bicyclic) bond motifs is 1. The van der Waals surface area contributed by atoms with E-state index in [1.165, 1.54) is 0 Å². The smallest absolute Gasteiger partial charge is 0.407 e. The first-order chi connectivity index (χ1) is 11.8. The number of nitrogens with one attached hydrogen (secondary N) is 2. The van der Waals surface area contributed by atoms with Gasteiger partial charge < -0.3 is 24.8 Å². The van der Waals surface area contributed by atoms with Crippen molar-refractivity contribution in [3.63, 3.8) is 0 Å². The molecule has 0 aromatic carbocycles. The second-order valence-corrected chi connectivity index (χ2v) is 6.28. The zero-order chi connectivity index (χ0) is 17.0. The van der Waals surface area contributed by atoms with Crippen molar-refractivity contribution in [2.45, 2.75) is 25.7 Å². The molecule has 2 atom stereocenters. The fourth-order valence-electron chi connectivity index (χ4n) is 3.23. The zero-order valence-corrected chi connectivity index (χ0v) is 14.6. The number of alkyl carbamates (subject to hydrolysis) is 1. The molecule has 0 aliphatic heterocycles. The fourth-order valence-corrected chi connectivity index (χ4v) is 3.23. The Labute approximate surface area is 145 Å². The van der Waals surface area contributed by atoms with Gasteiger partial charge in [-0.1, -0.05) is 0 Å². The number of carbonyl (C=O) groups is 1. The van der Waals surface area contributed by atoms with E-state index in [1.807, 2.05) is 7.05 Å². The largest absolute Gasteiger partial charge is 0.449 e. The molecule has 2 aliphatic rings. The molecule has 0 spiro atoms. The molecule has 6 nitrogen and oxygen atoms in total. The van der Waals surface area contributed by atoms with Gasteiger partial charge in [-0.05, 0) is 37.6 Å². The molecular formula is C18H30N2O4. The predicted molar refractivity (Wildman–Crippen MR) is 91.6 cm³/mol. The Morgan fingerprint density at radius 1 is 1.00 bits per heavy atom. The molecule has 1 amide bonds. The van der Waals surface area contributed by atoms with E-state index in [1.54, 1.807) is 0 Å². The van der Waals surface area contributed by atoms with Crippen molar-refractivity contribution in [3.05, 3.63) is 0 Å². The van der Waals surface area contributed by atoms with E-state index in [-0.39, 0.29) is 6.09 Å². The van der Waals surface area contributed by atoms with Gasteiger partial charge in [0.25, 0.3) is 0 Å². The summed E-state index contributed by atoms with van der Waals surface area (Å²) in [5, 5.41) is 5.73. The summed E-state index contributed by atoms with van der Waals surface area (Å²) >= 11 is 0. The Kier molecular flexibility index (Phi) is 8.96. The number of rotatable bonds is 11. The second-order valence-electron chi connectivity index (χ2n) is 6.28. The van der Waals surface area contributed by atoms with Crippen LogP contribution in [0.1, 0.15) is 25.7 Å². The summed E-state index contributed by atoms with van der Waals surface area (Å²) in [4.78, 5) is 11.7. The Morgan fingerprint density at radius 3 is 2.25 bits per heavy atom. The molecule has 2 aliphatic carbocycles. The topological polar surface area (TPSA) is 68.8 Å². The third kappa shape index (κ3) is 7.08. The van der Waals surface area contributed by atoms with Gasteiger partial charge in [0.2, 0.25) is 0 Å². The molecule has 136 valence electrons. The Bertz CT molecular complexity index is 414. The highest BCUT2D eigenvalue weighted by Gasteiger charge is 2.49. The first-order valence-corrected chi connectivity index (χ1v) is 8.99. The first-order valence-electron chi connectivity index (χ1n) is 8.99. The molecule has 0 saturated heterocycles. The van der Waals surface area contributed by atoms with Crippen molar-refractivity contribution in [1.29, 1.82) is 0 Å². The van der Waals surface area contributed by atoms with Crippen LogP contribution < -0.4 is 10.6 Å². The fraction of sp³-hybridized carbons (Fsp3) is 0.833. The van der Waals surface area contributed by atoms with E-state index in [9.17, 15) is 4.79 Å². The number of hydrogen-bond donors (Lipinski definition) is 2. The predicted octanol–water partition coefficient (Wildman–Crippen LogP) is 1.40. The molecule has 1 fully saturated rings. The third-order valence-electron chi connectivity index (χ3n) is 4.63. The highest BCUT2D eigenvalue weighted by molar-refractivity contribution is 5.67. The van der Waals surface area contributed by atoms with Gasteiger partial charge in [0, 0.05) is 25.9 Å². The van der Waals surface area contributed by atoms with Crippen LogP contribution >= 0.6 is 0 Å². The summed E-state index contributed by atoms with van der Waals surface area (Å²) in [6.07, 6.45) is 3.92. The highest BCUT2D eigenvalue weighted by atomic mass is 16.6. The van der Waals surface area contributed by atoms with Gasteiger partial charge in [0.05, 0.1) is 33.0 Å². The summed E-state index contributed by atoms with van der Waals surface area (Å²) in [6.45, 7) is 4.08. The van der Waals surface area contributed by atoms with Gasteiger partial charge in [0.1, 0.15) is 0 Å². The van der Waals surface area contributed by atoms with E-state index < -0.39 is 0 Å². The molecule has 0 heterocycles. The van der Waals surface area contributed by atoms with Crippen LogP contribution in [0.4, 0.5) is 4.79 Å². The number of ether oxygens (including phenoxy) is 3. The SMILES string of the molecule is CNCCOCCOCCNC(=O)OCC1C2CCC#CCCC21. The molecule has 2 rings (SSSR count). The third-order valence-corrected chi connectivity index (χ3v) is 4.63. The average molecular weight is 338 g/mol. The lowest BCUT2D eigenvalue weighted by molar-refractivity contribution is 0.0496. The van der Waals surface area contributed by atoms with Crippen molar-refractivity contribution in [3.8, 4) is 11.8 Å². The lowest BCUT2D eigenvalue weighted by Crippen LogP contribution is -2.29. The van der Waals surface area contributed by atoms with Gasteiger partial charge in [-0.3, -0.25) is 0 Å². The average Bonchev–Trinajstić information content (AvgIpc) is 3.21. The minimum atomic E-state index is -0.348. The monoisotopic (exact) mass is 338 g/mol. The summed E-state index contributed by atoms with van der Waals surface area (Å²) in [7, 11) is 1.89. The molecule has 1 saturated carbocycles. The Hall–Kier alpha value is -1.29. The Balaban J connectivity index is 1.41. The van der Waals surface area contributed by atoms with Crippen LogP contribution in [-0.2, 0) is 14.2 Å². The molecule has 2 unspecified atom stereocenters. The van der Waals surface area contributed by atoms with Gasteiger partial charge in [-0.25, -0.2) is 4.79 Å². The van der Waals surface area contributed by atoms with Crippen LogP contribution in [0.5, 0.6) is 0 Å². The van der Waals surface area contributed by atoms with Crippen LogP contribution in [0.25, 0.3) is 0 Å². The summed E-state index contributed by atoms with van der Waals surface area (Å²) in [6, 6.07) is 0. The number of amides is 1. The van der Waals surface area contributed by atoms with E-state index in [0.29, 0.717) is 57.3 Å². The summed E-state index contributed by atoms with van der Waals surface area (Å²) in [5.41, 5.74) is 0. The second kappa shape index (κ2) is 11.3. The quantitative estimate of drug-likeness (QED) is 0.440. The van der Waals surface area contributed by atoms with Crippen LogP contribution in [0.15, 0.2) is 0 Å². The number of likely N-dealkylation sites (N-methyl/N-ethyl adjacent to an activating group) is 1. The zero-order valence-electron chi connectivity index (χ0n) is 14.6. The van der Waals surface area contributed by atoms with Crippen molar-refractivity contribution in [2.24, 2.45) is 17.8 Å². The lowest BCUT2D eigenvalue weighted by atomic mass is 10.1. The lowest BCUT2D eigenvalue weighted by Gasteiger charge is -2.08. The van der Waals surface area contributed by atoms with Crippen LogP contribution in [0.2, 0.25) is 0 Å². The normalized spacial score (nSPS) is 24.8. The maximum Gasteiger partial charge on any atom is 0.407 e. The number of carbonyl (C=O) groups excluding carboxylic acids is 1. The van der Waals surface area contributed by atoms with Crippen LogP contribution in [-0.4, -0.2) is 59.3 Å². The van der Waals surface area contributed by atoms with Crippen LogP contribution in [0.3, 0.4) is 0 Å². The molecule has 0 radical (unpaired) electrons. The summed E-state index contributed by atoms with van der Waals surface area (Å²) < 4.78 is 16.0. The van der Waals surface area contributed by atoms with Crippen LogP contribution in [0, 0.1) is 29.6 Å². The molecular weight excluding hydrogens is 308 g/mol. The van der Waals surface area contributed by atoms with E-state index >= 15 is 0 Å². The van der Waals surface area contributed by atoms with Crippen molar-refractivity contribution >= 4 is 6.09 Å². The Morgan fingerprint density at radius 2 is 1.62 bits per heavy atom. The minimum absolute atomic E-state index is 0.348. The molecule has 0 aromatic rings. The van der Waals surface area contributed by atoms with Gasteiger partial charge >= 0.3 is 6.09 Å². The van der Waals surface area contributed by atoms with Crippen molar-refractivity contribution < 1.29 is 19.0 Å². The first kappa shape index (κ1) is 19.0. The van der Waals surface area contributed by atoms with E-state index in [4.69, 9.17) is 14.2 Å². The standard InChI is InChI=1S/C18H30N2O4/c1-19-8-10-22-12-13-23-11-9-20-18(21)24-14-17-15-6-4-2-3-5-7-16(15)17/h15-17,19H,4-14H2,1H3,(H,20,21). The highest BCUT2D eigenvalue weighted by Crippen LogP contribution is 2.52. The minimum Gasteiger partial charge on any atom is -0.449 e. The van der Waals surface area contributed by atoms with Gasteiger partial charge in [0.15, 0.2) is 0 Å². The maximum absolute atomic E-state index is 11.7. The van der Waals surface area contributed by atoms with E-state index in [0.717, 1.165) is 32.2 Å². The van der Waals surface area contributed by atoms with Crippen molar-refractivity contribution in [1.82, 2.24) is 10.6 Å². The van der Waals surface area contributed by atoms with E-state index in [2.05, 4.69) is 22.5 Å². The molecule has 24 heavy (non-hydrogen) atoms. The molecule has 0 aromatic heterocycles. The van der Waals surface area contributed by atoms with Gasteiger partial charge in [-0.2, -0.15) is 0 Å². The summed E-state index contributed by atoms with van der Waals surface area (Å²) in [5.74, 6) is 8.33. The molecule has 6 heteroatoms. The maximum atomic E-state index is 11.7. The van der Waals surface area contributed by atoms with Gasteiger partial charge in [-0.15, -0.1) is 11.8 Å². The molecule has 2 N–H and O–H groups in total. The molecule has 0 bridgehead atoms.